The van der Waals surface area contributed by atoms with Gasteiger partial charge in [0.2, 0.25) is 0 Å². The summed E-state index contributed by atoms with van der Waals surface area (Å²) in [7, 11) is 0. The third-order valence-electron chi connectivity index (χ3n) is 3.80. The van der Waals surface area contributed by atoms with Crippen LogP contribution in [0.3, 0.4) is 0 Å². The number of carbonyl (C=O) groups is 1. The van der Waals surface area contributed by atoms with Crippen molar-refractivity contribution < 1.29 is 14.3 Å². The fourth-order valence-electron chi connectivity index (χ4n) is 2.63. The van der Waals surface area contributed by atoms with Gasteiger partial charge in [-0.1, -0.05) is 0 Å². The Bertz CT molecular complexity index is 544. The largest absolute Gasteiger partial charge is 0.512 e. The van der Waals surface area contributed by atoms with Crippen molar-refractivity contribution in [2.24, 2.45) is 0 Å². The normalized spacial score (nSPS) is 19.9. The molecule has 0 amide bonds. The zero-order valence-electron chi connectivity index (χ0n) is 10.9. The number of hydrogen-bond donors (Lipinski definition) is 1. The van der Waals surface area contributed by atoms with Crippen LogP contribution in [0.25, 0.3) is 0 Å². The van der Waals surface area contributed by atoms with E-state index in [4.69, 9.17) is 0 Å². The average molecular weight is 248 g/mol. The number of allylic oxidation sites excluding steroid dienone is 2. The lowest BCUT2D eigenvalue weighted by Crippen LogP contribution is -2.15. The van der Waals surface area contributed by atoms with Crippen molar-refractivity contribution in [3.8, 4) is 0 Å². The molecular weight excluding hydrogens is 231 g/mol. The summed E-state index contributed by atoms with van der Waals surface area (Å²) in [5.74, 6) is -0.612. The maximum absolute atomic E-state index is 14.1. The van der Waals surface area contributed by atoms with Gasteiger partial charge in [-0.25, -0.2) is 4.39 Å². The molecule has 3 heteroatoms. The maximum Gasteiger partial charge on any atom is 0.159 e. The Hall–Kier alpha value is -1.64. The highest BCUT2D eigenvalue weighted by Gasteiger charge is 2.26. The van der Waals surface area contributed by atoms with E-state index in [2.05, 4.69) is 0 Å². The van der Waals surface area contributed by atoms with Crippen LogP contribution >= 0.6 is 0 Å². The molecule has 2 nitrogen and oxygen atoms in total. The van der Waals surface area contributed by atoms with E-state index in [1.807, 2.05) is 20.8 Å². The van der Waals surface area contributed by atoms with Crippen LogP contribution in [0.5, 0.6) is 0 Å². The molecule has 0 spiro atoms. The molecule has 1 aliphatic rings. The molecule has 0 aliphatic heterocycles. The van der Waals surface area contributed by atoms with Crippen LogP contribution in [0, 0.1) is 26.6 Å². The highest BCUT2D eigenvalue weighted by atomic mass is 19.1. The van der Waals surface area contributed by atoms with Crippen LogP contribution in [0.15, 0.2) is 17.9 Å². The molecule has 1 unspecified atom stereocenters. The van der Waals surface area contributed by atoms with Crippen molar-refractivity contribution in [2.75, 3.05) is 0 Å². The number of ketones is 1. The smallest absolute Gasteiger partial charge is 0.159 e. The molecule has 1 N–H and O–H groups in total. The average Bonchev–Trinajstić information content (AvgIpc) is 2.24. The predicted molar refractivity (Wildman–Crippen MR) is 68.3 cm³/mol. The minimum absolute atomic E-state index is 0.0493. The van der Waals surface area contributed by atoms with Gasteiger partial charge in [0.15, 0.2) is 5.78 Å². The Morgan fingerprint density at radius 1 is 1.22 bits per heavy atom. The van der Waals surface area contributed by atoms with Crippen molar-refractivity contribution in [2.45, 2.75) is 39.5 Å². The van der Waals surface area contributed by atoms with Gasteiger partial charge >= 0.3 is 0 Å². The Kier molecular flexibility index (Phi) is 3.24. The molecule has 0 fully saturated rings. The summed E-state index contributed by atoms with van der Waals surface area (Å²) in [6.07, 6.45) is 1.85. The van der Waals surface area contributed by atoms with E-state index in [-0.39, 0.29) is 29.7 Å². The molecule has 2 rings (SSSR count). The molecule has 18 heavy (non-hydrogen) atoms. The number of aliphatic hydroxyl groups excluding tert-OH is 1. The van der Waals surface area contributed by atoms with Crippen molar-refractivity contribution in [1.82, 2.24) is 0 Å². The molecule has 1 atom stereocenters. The monoisotopic (exact) mass is 248 g/mol. The molecule has 1 aliphatic carbocycles. The molecule has 0 aromatic heterocycles. The van der Waals surface area contributed by atoms with Crippen molar-refractivity contribution >= 4 is 5.78 Å². The Labute approximate surface area is 106 Å². The fraction of sp³-hybridized carbons (Fsp3) is 0.400. The first-order chi connectivity index (χ1) is 8.40. The first kappa shape index (κ1) is 12.8. The van der Waals surface area contributed by atoms with E-state index < -0.39 is 0 Å². The summed E-state index contributed by atoms with van der Waals surface area (Å²) in [5.41, 5.74) is 3.43. The summed E-state index contributed by atoms with van der Waals surface area (Å²) in [6.45, 7) is 5.70. The lowest BCUT2D eigenvalue weighted by atomic mass is 9.82. The van der Waals surface area contributed by atoms with Crippen LogP contribution in [-0.4, -0.2) is 10.9 Å². The minimum Gasteiger partial charge on any atom is -0.512 e. The lowest BCUT2D eigenvalue weighted by molar-refractivity contribution is -0.115. The molecule has 1 aromatic rings. The summed E-state index contributed by atoms with van der Waals surface area (Å²) in [5, 5.41) is 9.53. The van der Waals surface area contributed by atoms with E-state index in [1.54, 1.807) is 0 Å². The predicted octanol–water partition coefficient (Wildman–Crippen LogP) is 3.64. The Morgan fingerprint density at radius 3 is 2.50 bits per heavy atom. The SMILES string of the molecule is Cc1cc(F)c(C2CC(=O)C=C(O)C2)c(C)c1C. The number of rotatable bonds is 1. The van der Waals surface area contributed by atoms with E-state index >= 15 is 0 Å². The van der Waals surface area contributed by atoms with Gasteiger partial charge < -0.3 is 5.11 Å². The summed E-state index contributed by atoms with van der Waals surface area (Å²) in [4.78, 5) is 11.5. The minimum atomic E-state index is -0.275. The number of aliphatic hydroxyl groups is 1. The number of carbonyl (C=O) groups excluding carboxylic acids is 1. The zero-order chi connectivity index (χ0) is 13.4. The summed E-state index contributed by atoms with van der Waals surface area (Å²) >= 11 is 0. The quantitative estimate of drug-likeness (QED) is 0.823. The number of benzene rings is 1. The number of hydrogen-bond acceptors (Lipinski definition) is 2. The number of aryl methyl sites for hydroxylation is 1. The number of halogens is 1. The third kappa shape index (κ3) is 2.17. The Balaban J connectivity index is 2.49. The van der Waals surface area contributed by atoms with Crippen LogP contribution in [-0.2, 0) is 4.79 Å². The first-order valence-electron chi connectivity index (χ1n) is 6.08. The van der Waals surface area contributed by atoms with Crippen LogP contribution in [0.2, 0.25) is 0 Å². The molecule has 0 heterocycles. The lowest BCUT2D eigenvalue weighted by Gasteiger charge is -2.23. The Morgan fingerprint density at radius 2 is 1.89 bits per heavy atom. The first-order valence-corrected chi connectivity index (χ1v) is 6.08. The third-order valence-corrected chi connectivity index (χ3v) is 3.80. The van der Waals surface area contributed by atoms with Gasteiger partial charge in [-0.2, -0.15) is 0 Å². The second-order valence-electron chi connectivity index (χ2n) is 5.05. The highest BCUT2D eigenvalue weighted by molar-refractivity contribution is 5.91. The van der Waals surface area contributed by atoms with E-state index in [9.17, 15) is 14.3 Å². The molecule has 1 aromatic carbocycles. The van der Waals surface area contributed by atoms with Gasteiger partial charge in [0.05, 0.1) is 5.76 Å². The topological polar surface area (TPSA) is 37.3 Å². The van der Waals surface area contributed by atoms with Gasteiger partial charge in [0, 0.05) is 24.8 Å². The van der Waals surface area contributed by atoms with Crippen molar-refractivity contribution in [3.05, 3.63) is 46.0 Å². The van der Waals surface area contributed by atoms with Gasteiger partial charge in [-0.3, -0.25) is 4.79 Å². The second kappa shape index (κ2) is 4.56. The van der Waals surface area contributed by atoms with Gasteiger partial charge in [0.1, 0.15) is 5.82 Å². The van der Waals surface area contributed by atoms with Gasteiger partial charge in [-0.15, -0.1) is 0 Å². The standard InChI is InChI=1S/C15H17FO2/c1-8-4-14(16)15(10(3)9(8)2)11-5-12(17)7-13(18)6-11/h4,7,11,17H,5-6H2,1-3H3. The van der Waals surface area contributed by atoms with Gasteiger partial charge in [-0.05, 0) is 49.1 Å². The van der Waals surface area contributed by atoms with Crippen molar-refractivity contribution in [3.63, 3.8) is 0 Å². The summed E-state index contributed by atoms with van der Waals surface area (Å²) < 4.78 is 14.1. The highest BCUT2D eigenvalue weighted by Crippen LogP contribution is 2.35. The zero-order valence-corrected chi connectivity index (χ0v) is 10.9. The van der Waals surface area contributed by atoms with E-state index in [0.29, 0.717) is 12.0 Å². The molecule has 0 radical (unpaired) electrons. The summed E-state index contributed by atoms with van der Waals surface area (Å²) in [6, 6.07) is 1.51. The van der Waals surface area contributed by atoms with Crippen LogP contribution in [0.4, 0.5) is 4.39 Å². The van der Waals surface area contributed by atoms with Crippen molar-refractivity contribution in [1.29, 1.82) is 0 Å². The molecule has 96 valence electrons. The maximum atomic E-state index is 14.1. The van der Waals surface area contributed by atoms with Crippen LogP contribution < -0.4 is 0 Å². The van der Waals surface area contributed by atoms with Crippen LogP contribution in [0.1, 0.15) is 41.0 Å². The van der Waals surface area contributed by atoms with E-state index in [1.165, 1.54) is 12.1 Å². The van der Waals surface area contributed by atoms with Gasteiger partial charge in [0.25, 0.3) is 0 Å². The second-order valence-corrected chi connectivity index (χ2v) is 5.05. The molecular formula is C15H17FO2. The fourth-order valence-corrected chi connectivity index (χ4v) is 2.63. The molecule has 0 saturated carbocycles. The van der Waals surface area contributed by atoms with E-state index in [0.717, 1.165) is 16.7 Å². The molecule has 0 bridgehead atoms. The molecule has 0 saturated heterocycles.